The predicted molar refractivity (Wildman–Crippen MR) is 75.6 cm³/mol. The maximum absolute atomic E-state index is 5.43. The summed E-state index contributed by atoms with van der Waals surface area (Å²) in [5, 5.41) is 8.67. The number of hydrogen-bond donors (Lipinski definition) is 1. The van der Waals surface area contributed by atoms with Gasteiger partial charge in [0.2, 0.25) is 0 Å². The standard InChI is InChI=1S/C12H16N6S/c1-8(7-17-6-4-5-13-17)18-11-10(14-12(18)19)9(2)15-16(11)3/h4-6,8H,7H2,1-3H3,(H,14,19). The van der Waals surface area contributed by atoms with Crippen LogP contribution >= 0.6 is 12.2 Å². The lowest BCUT2D eigenvalue weighted by Gasteiger charge is -2.14. The Morgan fingerprint density at radius 2 is 2.26 bits per heavy atom. The Morgan fingerprint density at radius 3 is 2.95 bits per heavy atom. The van der Waals surface area contributed by atoms with Crippen LogP contribution in [-0.2, 0) is 13.6 Å². The summed E-state index contributed by atoms with van der Waals surface area (Å²) in [6, 6.07) is 2.13. The van der Waals surface area contributed by atoms with Gasteiger partial charge < -0.3 is 4.98 Å². The van der Waals surface area contributed by atoms with Gasteiger partial charge in [-0.05, 0) is 32.1 Å². The van der Waals surface area contributed by atoms with Gasteiger partial charge in [0.15, 0.2) is 10.4 Å². The van der Waals surface area contributed by atoms with E-state index >= 15 is 0 Å². The number of aromatic amines is 1. The first-order valence-electron chi connectivity index (χ1n) is 6.19. The molecule has 0 saturated heterocycles. The van der Waals surface area contributed by atoms with Crippen LogP contribution in [0.3, 0.4) is 0 Å². The second-order valence-electron chi connectivity index (χ2n) is 4.78. The molecule has 0 aliphatic heterocycles. The molecule has 0 radical (unpaired) electrons. The molecule has 7 heteroatoms. The third-order valence-corrected chi connectivity index (χ3v) is 3.62. The molecule has 1 unspecified atom stereocenters. The summed E-state index contributed by atoms with van der Waals surface area (Å²) in [6.45, 7) is 4.89. The second-order valence-corrected chi connectivity index (χ2v) is 5.17. The fraction of sp³-hybridized carbons (Fsp3) is 0.417. The molecular formula is C12H16N6S. The molecule has 3 heterocycles. The van der Waals surface area contributed by atoms with Crippen molar-refractivity contribution in [1.29, 1.82) is 0 Å². The molecular weight excluding hydrogens is 260 g/mol. The third-order valence-electron chi connectivity index (χ3n) is 3.32. The predicted octanol–water partition coefficient (Wildman–Crippen LogP) is 2.20. The summed E-state index contributed by atoms with van der Waals surface area (Å²) in [5.41, 5.74) is 3.01. The summed E-state index contributed by atoms with van der Waals surface area (Å²) < 4.78 is 6.61. The molecule has 1 N–H and O–H groups in total. The molecule has 0 aliphatic rings. The second kappa shape index (κ2) is 4.34. The van der Waals surface area contributed by atoms with Crippen LogP contribution in [0.2, 0.25) is 0 Å². The van der Waals surface area contributed by atoms with Gasteiger partial charge in [0.1, 0.15) is 5.52 Å². The zero-order valence-corrected chi connectivity index (χ0v) is 12.0. The monoisotopic (exact) mass is 276 g/mol. The lowest BCUT2D eigenvalue weighted by atomic mass is 10.3. The Kier molecular flexibility index (Phi) is 2.78. The number of imidazole rings is 1. The van der Waals surface area contributed by atoms with Crippen LogP contribution in [0.5, 0.6) is 0 Å². The molecule has 19 heavy (non-hydrogen) atoms. The van der Waals surface area contributed by atoms with Crippen molar-refractivity contribution < 1.29 is 0 Å². The van der Waals surface area contributed by atoms with Crippen LogP contribution in [0.15, 0.2) is 18.5 Å². The molecule has 0 amide bonds. The summed E-state index contributed by atoms with van der Waals surface area (Å²) in [4.78, 5) is 3.24. The third kappa shape index (κ3) is 1.90. The van der Waals surface area contributed by atoms with E-state index in [0.29, 0.717) is 0 Å². The number of H-pyrrole nitrogens is 1. The highest BCUT2D eigenvalue weighted by molar-refractivity contribution is 7.71. The van der Waals surface area contributed by atoms with Crippen molar-refractivity contribution in [3.05, 3.63) is 28.9 Å². The molecule has 1 atom stereocenters. The number of hydrogen-bond acceptors (Lipinski definition) is 3. The number of rotatable bonds is 3. The molecule has 3 rings (SSSR count). The number of fused-ring (bicyclic) bond motifs is 1. The van der Waals surface area contributed by atoms with Gasteiger partial charge >= 0.3 is 0 Å². The number of aryl methyl sites for hydroxylation is 2. The summed E-state index contributed by atoms with van der Waals surface area (Å²) in [5.74, 6) is 0. The van der Waals surface area contributed by atoms with Crippen LogP contribution in [-0.4, -0.2) is 29.1 Å². The van der Waals surface area contributed by atoms with Crippen LogP contribution in [0.25, 0.3) is 11.2 Å². The van der Waals surface area contributed by atoms with Crippen molar-refractivity contribution in [2.45, 2.75) is 26.4 Å². The van der Waals surface area contributed by atoms with E-state index in [1.165, 1.54) is 0 Å². The first kappa shape index (κ1) is 12.2. The van der Waals surface area contributed by atoms with Crippen LogP contribution in [0.4, 0.5) is 0 Å². The maximum atomic E-state index is 5.43. The topological polar surface area (TPSA) is 56.4 Å². The highest BCUT2D eigenvalue weighted by atomic mass is 32.1. The smallest absolute Gasteiger partial charge is 0.179 e. The largest absolute Gasteiger partial charge is 0.328 e. The summed E-state index contributed by atoms with van der Waals surface area (Å²) >= 11 is 5.43. The van der Waals surface area contributed by atoms with Gasteiger partial charge in [0.25, 0.3) is 0 Å². The molecule has 0 spiro atoms. The SMILES string of the molecule is Cc1nn(C)c2c1[nH]c(=S)n2C(C)Cn1cccn1. The minimum atomic E-state index is 0.205. The minimum absolute atomic E-state index is 0.205. The van der Waals surface area contributed by atoms with Crippen molar-refractivity contribution >= 4 is 23.4 Å². The number of aromatic nitrogens is 6. The number of nitrogens with one attached hydrogen (secondary N) is 1. The van der Waals surface area contributed by atoms with E-state index in [1.54, 1.807) is 6.20 Å². The van der Waals surface area contributed by atoms with Gasteiger partial charge in [-0.1, -0.05) is 0 Å². The van der Waals surface area contributed by atoms with Gasteiger partial charge in [-0.3, -0.25) is 13.9 Å². The van der Waals surface area contributed by atoms with Crippen LogP contribution in [0.1, 0.15) is 18.7 Å². The van der Waals surface area contributed by atoms with Crippen LogP contribution in [0, 0.1) is 11.7 Å². The molecule has 3 aromatic heterocycles. The Labute approximate surface area is 115 Å². The van der Waals surface area contributed by atoms with Crippen molar-refractivity contribution in [1.82, 2.24) is 29.1 Å². The number of nitrogens with zero attached hydrogens (tertiary/aromatic N) is 5. The van der Waals surface area contributed by atoms with Crippen molar-refractivity contribution in [2.24, 2.45) is 7.05 Å². The maximum Gasteiger partial charge on any atom is 0.179 e. The first-order chi connectivity index (χ1) is 9.08. The molecule has 0 fully saturated rings. The molecule has 0 bridgehead atoms. The fourth-order valence-electron chi connectivity index (χ4n) is 2.50. The Balaban J connectivity index is 2.09. The quantitative estimate of drug-likeness (QED) is 0.746. The lowest BCUT2D eigenvalue weighted by Crippen LogP contribution is -2.15. The summed E-state index contributed by atoms with van der Waals surface area (Å²) in [7, 11) is 1.94. The summed E-state index contributed by atoms with van der Waals surface area (Å²) in [6.07, 6.45) is 3.74. The molecule has 0 aliphatic carbocycles. The zero-order valence-electron chi connectivity index (χ0n) is 11.2. The average Bonchev–Trinajstić information content (AvgIpc) is 3.00. The van der Waals surface area contributed by atoms with Gasteiger partial charge in [0, 0.05) is 19.4 Å². The first-order valence-corrected chi connectivity index (χ1v) is 6.60. The fourth-order valence-corrected chi connectivity index (χ4v) is 2.87. The average molecular weight is 276 g/mol. The Bertz CT molecular complexity index is 760. The van der Waals surface area contributed by atoms with Gasteiger partial charge in [-0.2, -0.15) is 10.2 Å². The van der Waals surface area contributed by atoms with E-state index in [4.69, 9.17) is 12.2 Å². The molecule has 100 valence electrons. The van der Waals surface area contributed by atoms with Crippen LogP contribution < -0.4 is 0 Å². The highest BCUT2D eigenvalue weighted by Gasteiger charge is 2.17. The van der Waals surface area contributed by atoms with E-state index < -0.39 is 0 Å². The Morgan fingerprint density at radius 1 is 1.47 bits per heavy atom. The highest BCUT2D eigenvalue weighted by Crippen LogP contribution is 2.21. The zero-order chi connectivity index (χ0) is 13.6. The van der Waals surface area contributed by atoms with Gasteiger partial charge in [-0.15, -0.1) is 0 Å². The normalized spacial score (nSPS) is 13.2. The van der Waals surface area contributed by atoms with E-state index in [2.05, 4.69) is 26.7 Å². The van der Waals surface area contributed by atoms with Gasteiger partial charge in [-0.25, -0.2) is 0 Å². The minimum Gasteiger partial charge on any atom is -0.328 e. The van der Waals surface area contributed by atoms with E-state index in [9.17, 15) is 0 Å². The Hall–Kier alpha value is -1.89. The molecule has 0 aromatic carbocycles. The molecule has 3 aromatic rings. The van der Waals surface area contributed by atoms with E-state index in [1.807, 2.05) is 35.6 Å². The molecule has 0 saturated carbocycles. The lowest BCUT2D eigenvalue weighted by molar-refractivity contribution is 0.436. The van der Waals surface area contributed by atoms with E-state index in [-0.39, 0.29) is 6.04 Å². The van der Waals surface area contributed by atoms with Crippen molar-refractivity contribution in [3.8, 4) is 0 Å². The van der Waals surface area contributed by atoms with E-state index in [0.717, 1.165) is 28.2 Å². The molecule has 6 nitrogen and oxygen atoms in total. The van der Waals surface area contributed by atoms with Crippen molar-refractivity contribution in [2.75, 3.05) is 0 Å². The van der Waals surface area contributed by atoms with Crippen molar-refractivity contribution in [3.63, 3.8) is 0 Å². The van der Waals surface area contributed by atoms with Gasteiger partial charge in [0.05, 0.1) is 18.3 Å².